The SMILES string of the molecule is C.C.Cc1ncsc1-c1ccc(CNC(=O)[C@@H]2C[C@@H](O)CN2C(=O)[C@@H](NC(=O)CCCC(=O)NCCN2CC(Nc3cc(C(=O)NC[C@H](O)CN4CCc5ccccc5C4)ncn3)C2)C(C)(C)C)cc1.Cc1ncsc1-c1ccc(CNC(=O)[C@@H]2C[C@@H](O)CN2C(=O)[C@@H](NC(=O)CCCC(=O)O)C(C)(C)C)cc1.NCCN1CC(Nc2cc(C(=O)NC[C@H](O)CN3CCc4ccccc4C3)ncn2)C1. The lowest BCUT2D eigenvalue weighted by molar-refractivity contribution is -0.144. The second kappa shape index (κ2) is 51.9. The molecule has 6 aliphatic heterocycles. The Hall–Kier alpha value is -11.8. The quantitative estimate of drug-likeness (QED) is 0.0220. The van der Waals surface area contributed by atoms with Gasteiger partial charge in [0.05, 0.1) is 68.7 Å². The van der Waals surface area contributed by atoms with Gasteiger partial charge in [0, 0.05) is 182 Å². The first-order valence-corrected chi connectivity index (χ1v) is 48.7. The number of nitrogens with one attached hydrogen (secondary N) is 9. The van der Waals surface area contributed by atoms with Crippen molar-refractivity contribution in [3.8, 4) is 20.9 Å². The van der Waals surface area contributed by atoms with Crippen LogP contribution in [0, 0.1) is 24.7 Å². The summed E-state index contributed by atoms with van der Waals surface area (Å²) in [5.74, 6) is -3.19. The Kier molecular flexibility index (Phi) is 40.8. The predicted octanol–water partition coefficient (Wildman–Crippen LogP) is 5.68. The lowest BCUT2D eigenvalue weighted by atomic mass is 9.85. The van der Waals surface area contributed by atoms with Crippen molar-refractivity contribution in [2.24, 2.45) is 16.6 Å². The first kappa shape index (κ1) is 109. The third-order valence-electron chi connectivity index (χ3n) is 25.0. The van der Waals surface area contributed by atoms with Gasteiger partial charge in [-0.05, 0) is 94.9 Å². The highest BCUT2D eigenvalue weighted by molar-refractivity contribution is 7.13. The average molecular weight is 1950 g/mol. The number of carboxylic acids is 1. The summed E-state index contributed by atoms with van der Waals surface area (Å²) in [6.07, 6.45) is 2.16. The summed E-state index contributed by atoms with van der Waals surface area (Å²) >= 11 is 3.13. The summed E-state index contributed by atoms with van der Waals surface area (Å²) in [7, 11) is 0. The van der Waals surface area contributed by atoms with Gasteiger partial charge >= 0.3 is 5.97 Å². The molecule has 0 spiro atoms. The fourth-order valence-corrected chi connectivity index (χ4v) is 19.1. The van der Waals surface area contributed by atoms with Gasteiger partial charge in [-0.2, -0.15) is 0 Å². The smallest absolute Gasteiger partial charge is 0.303 e. The van der Waals surface area contributed by atoms with E-state index in [1.807, 2.05) is 107 Å². The number of rotatable bonds is 39. The Bertz CT molecular complexity index is 5410. The van der Waals surface area contributed by atoms with E-state index in [1.165, 1.54) is 44.7 Å². The third-order valence-corrected chi connectivity index (χ3v) is 26.9. The highest BCUT2D eigenvalue weighted by atomic mass is 32.1. The van der Waals surface area contributed by atoms with Crippen LogP contribution in [0.25, 0.3) is 20.9 Å². The van der Waals surface area contributed by atoms with Gasteiger partial charge < -0.3 is 88.9 Å². The molecule has 10 heterocycles. The van der Waals surface area contributed by atoms with E-state index in [0.717, 1.165) is 102 Å². The summed E-state index contributed by atoms with van der Waals surface area (Å²) in [6.45, 7) is 25.8. The Labute approximate surface area is 821 Å². The van der Waals surface area contributed by atoms with E-state index >= 15 is 0 Å². The number of aliphatic carboxylic acids is 1. The van der Waals surface area contributed by atoms with Crippen molar-refractivity contribution in [3.05, 3.63) is 189 Å². The van der Waals surface area contributed by atoms with Crippen molar-refractivity contribution in [3.63, 3.8) is 0 Å². The molecule has 39 heteroatoms. The summed E-state index contributed by atoms with van der Waals surface area (Å²) in [5.41, 5.74) is 19.4. The molecule has 9 amide bonds. The zero-order chi connectivity index (χ0) is 98.0. The van der Waals surface area contributed by atoms with E-state index in [-0.39, 0.29) is 158 Å². The number of hydrogen-bond acceptors (Lipinski definition) is 29. The molecule has 4 fully saturated rings. The number of carbonyl (C=O) groups excluding carboxylic acids is 9. The van der Waals surface area contributed by atoms with Crippen LogP contribution in [0.4, 0.5) is 11.6 Å². The number of thiazole rings is 2. The number of benzene rings is 4. The summed E-state index contributed by atoms with van der Waals surface area (Å²) in [6, 6.07) is 32.4. The van der Waals surface area contributed by atoms with Crippen molar-refractivity contribution in [2.45, 2.75) is 221 Å². The van der Waals surface area contributed by atoms with Crippen LogP contribution in [0.1, 0.15) is 174 Å². The monoisotopic (exact) mass is 1950 g/mol. The number of nitrogens with zero attached hydrogens (tertiary/aromatic N) is 12. The maximum absolute atomic E-state index is 14.0. The molecule has 6 aliphatic rings. The molecule has 16 N–H and O–H groups in total. The summed E-state index contributed by atoms with van der Waals surface area (Å²) in [4.78, 5) is 167. The number of carbonyl (C=O) groups is 10. The second-order valence-corrected chi connectivity index (χ2v) is 39.9. The Morgan fingerprint density at radius 2 is 0.878 bits per heavy atom. The minimum absolute atomic E-state index is 0. The number of aliphatic hydroxyl groups is 4. The van der Waals surface area contributed by atoms with Crippen LogP contribution >= 0.6 is 22.7 Å². The summed E-state index contributed by atoms with van der Waals surface area (Å²) < 4.78 is 0. The van der Waals surface area contributed by atoms with Crippen LogP contribution in [0.15, 0.2) is 133 Å². The van der Waals surface area contributed by atoms with Crippen molar-refractivity contribution < 1.29 is 73.5 Å². The first-order valence-electron chi connectivity index (χ1n) is 47.0. The highest BCUT2D eigenvalue weighted by Gasteiger charge is 2.47. The zero-order valence-electron chi connectivity index (χ0n) is 79.3. The molecule has 4 aromatic carbocycles. The number of aliphatic hydroxyl groups excluding tert-OH is 4. The van der Waals surface area contributed by atoms with E-state index in [0.29, 0.717) is 63.5 Å². The van der Waals surface area contributed by atoms with Crippen molar-refractivity contribution in [1.82, 2.24) is 96.5 Å². The average Bonchev–Trinajstić information content (AvgIpc) is 1.66. The number of aryl methyl sites for hydroxylation is 2. The number of β-amino-alcohol motifs (C(OH)–C–C–N with tert-alkyl or cyclic N) is 4. The normalized spacial score (nSPS) is 18.1. The molecule has 0 saturated carbocycles. The Morgan fingerprint density at radius 1 is 0.482 bits per heavy atom. The minimum Gasteiger partial charge on any atom is -0.481 e. The maximum atomic E-state index is 14.0. The number of fused-ring (bicyclic) bond motifs is 2. The standard InChI is InChI=1S/C49H65N11O7S.C27H36N4O6S.C22H31N7O2.2CH4/c1-31-44(68-30-55-31)34-14-12-32(13-15-34)22-51-47(66)40-20-37(61)28-60(40)48(67)45(49(2,3)4)57-43(64)11-7-10-42(63)50-17-19-59-25-36(26-59)56-41-21-39(53-29-54-41)46(65)52-23-38(62)27-58-18-16-33-8-5-6-9-35(33)24-58;1-16-23(38-15-29-16)18-10-8-17(9-11-18)13-28-25(36)20-12-19(32)14-31(20)26(37)24(27(2,3)4)30-21(33)6-5-7-22(34)35;23-6-8-29-12-18(13-29)27-21-9-20(25-15-26-21)22(31)24-10-19(30)14-28-7-5-16-3-1-2-4-17(16)11-28;;/h5-6,8-9,12-15,21,29-30,36-38,40,45,61-62H,7,10-11,16-20,22-28H2,1-4H3,(H,50,63)(H,51,66)(H,52,65)(H,57,64)(H,53,54,56);8-11,15,19-20,24,32H,5-7,12-14H2,1-4H3,(H,28,36)(H,30,33)(H,34,35);1-4,9,15,18-19,30H,5-8,10-14,23H2,(H,24,31)(H,25,26,27);2*1H4/t37-,38+,40+,45-;19-,20+,24-;19-;;/m110../s1. The molecule has 752 valence electrons. The Balaban J connectivity index is 0.000000236. The van der Waals surface area contributed by atoms with Gasteiger partial charge in [0.1, 0.15) is 59.8 Å². The van der Waals surface area contributed by atoms with E-state index in [1.54, 1.807) is 61.1 Å². The van der Waals surface area contributed by atoms with Gasteiger partial charge in [-0.3, -0.25) is 67.5 Å². The van der Waals surface area contributed by atoms with Crippen molar-refractivity contribution in [1.29, 1.82) is 0 Å². The zero-order valence-corrected chi connectivity index (χ0v) is 80.9. The van der Waals surface area contributed by atoms with Gasteiger partial charge in [-0.1, -0.05) is 153 Å². The molecule has 0 unspecified atom stereocenters. The van der Waals surface area contributed by atoms with E-state index in [9.17, 15) is 68.4 Å². The number of nitrogens with two attached hydrogens (primary N) is 1. The molecule has 139 heavy (non-hydrogen) atoms. The molecule has 8 aromatic rings. The van der Waals surface area contributed by atoms with Crippen molar-refractivity contribution in [2.75, 3.05) is 115 Å². The highest BCUT2D eigenvalue weighted by Crippen LogP contribution is 2.33. The van der Waals surface area contributed by atoms with Gasteiger partial charge in [-0.25, -0.2) is 29.9 Å². The first-order chi connectivity index (χ1) is 65.6. The van der Waals surface area contributed by atoms with E-state index in [4.69, 9.17) is 10.8 Å². The van der Waals surface area contributed by atoms with Gasteiger partial charge in [0.15, 0.2) is 0 Å². The van der Waals surface area contributed by atoms with Crippen LogP contribution in [0.3, 0.4) is 0 Å². The predicted molar refractivity (Wildman–Crippen MR) is 533 cm³/mol. The van der Waals surface area contributed by atoms with Crippen LogP contribution in [0.2, 0.25) is 0 Å². The molecule has 4 saturated heterocycles. The summed E-state index contributed by atoms with van der Waals surface area (Å²) in [5, 5.41) is 77.2. The number of likely N-dealkylation sites (tertiary alicyclic amines) is 4. The van der Waals surface area contributed by atoms with Gasteiger partial charge in [0.25, 0.3) is 11.8 Å². The van der Waals surface area contributed by atoms with Gasteiger partial charge in [-0.15, -0.1) is 22.7 Å². The molecule has 37 nitrogen and oxygen atoms in total. The number of hydrogen-bond donors (Lipinski definition) is 15. The lowest BCUT2D eigenvalue weighted by Crippen LogP contribution is -2.57. The minimum atomic E-state index is -0.994. The number of amides is 9. The Morgan fingerprint density at radius 3 is 1.27 bits per heavy atom. The second-order valence-electron chi connectivity index (χ2n) is 38.1. The molecule has 14 rings (SSSR count). The topological polar surface area (TPSA) is 503 Å². The molecular weight excluding hydrogens is 1810 g/mol. The lowest BCUT2D eigenvalue weighted by Gasteiger charge is -2.39. The maximum Gasteiger partial charge on any atom is 0.303 e. The number of carboxylic acid groups (broad SMARTS) is 1. The molecule has 0 radical (unpaired) electrons. The molecule has 8 atom stereocenters. The van der Waals surface area contributed by atoms with Crippen molar-refractivity contribution >= 4 is 93.4 Å². The molecular formula is C100H140N22O15S2. The van der Waals surface area contributed by atoms with E-state index in [2.05, 4.69) is 128 Å². The molecule has 0 aliphatic carbocycles. The molecule has 0 bridgehead atoms. The fourth-order valence-electron chi connectivity index (χ4n) is 17.4. The third kappa shape index (κ3) is 32.4. The van der Waals surface area contributed by atoms with Crippen LogP contribution < -0.4 is 53.6 Å². The van der Waals surface area contributed by atoms with E-state index < -0.39 is 83.1 Å². The van der Waals surface area contributed by atoms with Crippen LogP contribution in [0.5, 0.6) is 0 Å². The van der Waals surface area contributed by atoms with Crippen LogP contribution in [-0.4, -0.2) is 309 Å². The fraction of sp³-hybridized carbons (Fsp3) is 0.520. The van der Waals surface area contributed by atoms with Crippen LogP contribution in [-0.2, 0) is 77.4 Å². The largest absolute Gasteiger partial charge is 0.481 e. The number of aromatic nitrogens is 6. The molecule has 4 aromatic heterocycles. The number of anilines is 2. The van der Waals surface area contributed by atoms with Gasteiger partial charge in [0.2, 0.25) is 41.4 Å².